The van der Waals surface area contributed by atoms with Crippen molar-refractivity contribution in [1.29, 1.82) is 0 Å². The number of carbonyl (C=O) groups excluding carboxylic acids is 1. The highest BCUT2D eigenvalue weighted by atomic mass is 16.5. The van der Waals surface area contributed by atoms with Crippen LogP contribution in [0.3, 0.4) is 0 Å². The first kappa shape index (κ1) is 23.0. The summed E-state index contributed by atoms with van der Waals surface area (Å²) in [5.74, 6) is -0.275. The SMILES string of the molecule is Cc1[nH][nH]c(=O)c1C(c1ccc(-c2cccc(C(=O)OCc3ccccc3)c2)o1)c1c(C)[nH][nH]c1=O. The highest BCUT2D eigenvalue weighted by Gasteiger charge is 2.30. The number of nitrogens with one attached hydrogen (secondary N) is 4. The van der Waals surface area contributed by atoms with Gasteiger partial charge in [0.25, 0.3) is 11.1 Å². The number of carbonyl (C=O) groups is 1. The Morgan fingerprint density at radius 1 is 0.833 bits per heavy atom. The van der Waals surface area contributed by atoms with Gasteiger partial charge in [-0.05, 0) is 43.7 Å². The molecule has 0 bridgehead atoms. The molecular weight excluding hydrogens is 460 g/mol. The van der Waals surface area contributed by atoms with E-state index in [4.69, 9.17) is 9.15 Å². The van der Waals surface area contributed by atoms with Crippen LogP contribution >= 0.6 is 0 Å². The zero-order valence-electron chi connectivity index (χ0n) is 19.7. The molecule has 9 nitrogen and oxygen atoms in total. The van der Waals surface area contributed by atoms with Gasteiger partial charge < -0.3 is 19.4 Å². The molecule has 0 saturated carbocycles. The van der Waals surface area contributed by atoms with Crippen molar-refractivity contribution in [2.45, 2.75) is 26.4 Å². The lowest BCUT2D eigenvalue weighted by atomic mass is 9.89. The standard InChI is InChI=1S/C27H24N4O5/c1-15-22(25(32)30-28-15)24(23-16(2)29-31-26(23)33)21-12-11-20(36-21)18-9-6-10-19(13-18)27(34)35-14-17-7-4-3-5-8-17/h3-13,24H,14H2,1-2H3,(H2,28,30,32)(H2,29,31,33). The molecular formula is C27H24N4O5. The zero-order valence-corrected chi connectivity index (χ0v) is 19.7. The van der Waals surface area contributed by atoms with Crippen LogP contribution in [-0.2, 0) is 11.3 Å². The number of hydrogen-bond donors (Lipinski definition) is 4. The Labute approximate surface area is 205 Å². The van der Waals surface area contributed by atoms with Crippen LogP contribution in [0.5, 0.6) is 0 Å². The second-order valence-corrected chi connectivity index (χ2v) is 8.51. The van der Waals surface area contributed by atoms with Crippen molar-refractivity contribution in [3.63, 3.8) is 0 Å². The van der Waals surface area contributed by atoms with Crippen LogP contribution < -0.4 is 11.1 Å². The summed E-state index contributed by atoms with van der Waals surface area (Å²) < 4.78 is 11.6. The summed E-state index contributed by atoms with van der Waals surface area (Å²) in [6.45, 7) is 3.68. The van der Waals surface area contributed by atoms with Gasteiger partial charge in [-0.1, -0.05) is 42.5 Å². The summed E-state index contributed by atoms with van der Waals surface area (Å²) in [7, 11) is 0. The number of esters is 1. The highest BCUT2D eigenvalue weighted by Crippen LogP contribution is 2.34. The van der Waals surface area contributed by atoms with Gasteiger partial charge in [-0.15, -0.1) is 0 Å². The van der Waals surface area contributed by atoms with Crippen LogP contribution in [0.15, 0.2) is 80.7 Å². The van der Waals surface area contributed by atoms with Crippen LogP contribution in [0.2, 0.25) is 0 Å². The summed E-state index contributed by atoms with van der Waals surface area (Å²) in [5, 5.41) is 10.8. The molecule has 2 aromatic carbocycles. The number of aryl methyl sites for hydroxylation is 2. The zero-order chi connectivity index (χ0) is 25.2. The van der Waals surface area contributed by atoms with Gasteiger partial charge in [0.15, 0.2) is 0 Å². The van der Waals surface area contributed by atoms with E-state index in [2.05, 4.69) is 20.4 Å². The second-order valence-electron chi connectivity index (χ2n) is 8.51. The van der Waals surface area contributed by atoms with Gasteiger partial charge in [0.2, 0.25) is 0 Å². The van der Waals surface area contributed by atoms with Crippen LogP contribution in [0.1, 0.15) is 50.1 Å². The first-order valence-corrected chi connectivity index (χ1v) is 11.4. The first-order chi connectivity index (χ1) is 17.4. The van der Waals surface area contributed by atoms with Gasteiger partial charge in [-0.25, -0.2) is 4.79 Å². The molecule has 5 aromatic rings. The number of benzene rings is 2. The van der Waals surface area contributed by atoms with Gasteiger partial charge >= 0.3 is 5.97 Å². The molecule has 0 aliphatic heterocycles. The summed E-state index contributed by atoms with van der Waals surface area (Å²) >= 11 is 0. The fraction of sp³-hybridized carbons (Fsp3) is 0.148. The molecule has 0 fully saturated rings. The van der Waals surface area contributed by atoms with Crippen molar-refractivity contribution in [3.05, 3.63) is 127 Å². The van der Waals surface area contributed by atoms with Crippen molar-refractivity contribution in [2.75, 3.05) is 0 Å². The Kier molecular flexibility index (Phi) is 6.03. The molecule has 0 saturated heterocycles. The Balaban J connectivity index is 1.47. The largest absolute Gasteiger partial charge is 0.460 e. The molecule has 36 heavy (non-hydrogen) atoms. The normalized spacial score (nSPS) is 11.2. The number of aromatic amines is 4. The van der Waals surface area contributed by atoms with E-state index in [1.165, 1.54) is 0 Å². The van der Waals surface area contributed by atoms with E-state index in [1.54, 1.807) is 44.2 Å². The van der Waals surface area contributed by atoms with Gasteiger partial charge in [-0.2, -0.15) is 0 Å². The van der Waals surface area contributed by atoms with E-state index in [0.717, 1.165) is 5.56 Å². The fourth-order valence-corrected chi connectivity index (χ4v) is 4.30. The molecule has 0 amide bonds. The van der Waals surface area contributed by atoms with Crippen molar-refractivity contribution >= 4 is 5.97 Å². The number of aromatic nitrogens is 4. The first-order valence-electron chi connectivity index (χ1n) is 11.4. The van der Waals surface area contributed by atoms with Gasteiger partial charge in [0, 0.05) is 17.0 Å². The van der Waals surface area contributed by atoms with Gasteiger partial charge in [0.1, 0.15) is 18.1 Å². The van der Waals surface area contributed by atoms with Crippen LogP contribution in [0, 0.1) is 13.8 Å². The average Bonchev–Trinajstić information content (AvgIpc) is 3.60. The summed E-state index contributed by atoms with van der Waals surface area (Å²) in [6, 6.07) is 19.9. The third kappa shape index (κ3) is 4.34. The average molecular weight is 485 g/mol. The molecule has 0 aliphatic rings. The molecule has 0 radical (unpaired) electrons. The minimum absolute atomic E-state index is 0.172. The van der Waals surface area contributed by atoms with E-state index in [0.29, 0.717) is 45.2 Å². The summed E-state index contributed by atoms with van der Waals surface area (Å²) in [5.41, 5.74) is 3.26. The lowest BCUT2D eigenvalue weighted by molar-refractivity contribution is 0.0473. The molecule has 3 aromatic heterocycles. The smallest absolute Gasteiger partial charge is 0.338 e. The van der Waals surface area contributed by atoms with Crippen molar-refractivity contribution in [3.8, 4) is 11.3 Å². The Morgan fingerprint density at radius 3 is 2.11 bits per heavy atom. The van der Waals surface area contributed by atoms with Crippen LogP contribution in [-0.4, -0.2) is 26.4 Å². The highest BCUT2D eigenvalue weighted by molar-refractivity contribution is 5.90. The van der Waals surface area contributed by atoms with Crippen molar-refractivity contribution in [2.24, 2.45) is 0 Å². The predicted molar refractivity (Wildman–Crippen MR) is 133 cm³/mol. The number of ether oxygens (including phenoxy) is 1. The Bertz CT molecular complexity index is 1580. The molecule has 3 heterocycles. The summed E-state index contributed by atoms with van der Waals surface area (Å²) in [4.78, 5) is 37.9. The lowest BCUT2D eigenvalue weighted by Gasteiger charge is -2.12. The Hall–Kier alpha value is -4.79. The predicted octanol–water partition coefficient (Wildman–Crippen LogP) is 4.13. The minimum atomic E-state index is -0.734. The quantitative estimate of drug-likeness (QED) is 0.258. The van der Waals surface area contributed by atoms with Crippen LogP contribution in [0.4, 0.5) is 0 Å². The molecule has 5 rings (SSSR count). The van der Waals surface area contributed by atoms with Crippen molar-refractivity contribution in [1.82, 2.24) is 20.4 Å². The fourth-order valence-electron chi connectivity index (χ4n) is 4.30. The van der Waals surface area contributed by atoms with Crippen molar-refractivity contribution < 1.29 is 13.9 Å². The van der Waals surface area contributed by atoms with E-state index in [1.807, 2.05) is 36.4 Å². The molecule has 182 valence electrons. The summed E-state index contributed by atoms with van der Waals surface area (Å²) in [6.07, 6.45) is 0. The van der Waals surface area contributed by atoms with E-state index >= 15 is 0 Å². The van der Waals surface area contributed by atoms with E-state index in [-0.39, 0.29) is 17.7 Å². The monoisotopic (exact) mass is 484 g/mol. The van der Waals surface area contributed by atoms with Crippen LogP contribution in [0.25, 0.3) is 11.3 Å². The third-order valence-electron chi connectivity index (χ3n) is 6.11. The number of rotatable bonds is 7. The number of H-pyrrole nitrogens is 4. The molecule has 0 atom stereocenters. The van der Waals surface area contributed by atoms with E-state index < -0.39 is 11.9 Å². The minimum Gasteiger partial charge on any atom is -0.460 e. The maximum atomic E-state index is 12.6. The topological polar surface area (TPSA) is 137 Å². The molecule has 9 heteroatoms. The third-order valence-corrected chi connectivity index (χ3v) is 6.11. The Morgan fingerprint density at radius 2 is 1.50 bits per heavy atom. The maximum absolute atomic E-state index is 12.6. The molecule has 0 spiro atoms. The molecule has 4 N–H and O–H groups in total. The molecule has 0 aliphatic carbocycles. The molecule has 0 unspecified atom stereocenters. The number of hydrogen-bond acceptors (Lipinski definition) is 5. The van der Waals surface area contributed by atoms with Gasteiger partial charge in [-0.3, -0.25) is 19.8 Å². The second kappa shape index (κ2) is 9.46. The number of furan rings is 1. The van der Waals surface area contributed by atoms with Gasteiger partial charge in [0.05, 0.1) is 22.6 Å². The van der Waals surface area contributed by atoms with E-state index in [9.17, 15) is 14.4 Å². The maximum Gasteiger partial charge on any atom is 0.338 e. The lowest BCUT2D eigenvalue weighted by Crippen LogP contribution is -2.19.